The van der Waals surface area contributed by atoms with Crippen molar-refractivity contribution in [2.75, 3.05) is 12.4 Å². The predicted molar refractivity (Wildman–Crippen MR) is 110 cm³/mol. The van der Waals surface area contributed by atoms with Crippen LogP contribution in [0.2, 0.25) is 5.02 Å². The first-order valence-electron chi connectivity index (χ1n) is 7.98. The maximum absolute atomic E-state index is 13.3. The van der Waals surface area contributed by atoms with E-state index in [-0.39, 0.29) is 10.7 Å². The molecule has 1 atom stereocenters. The van der Waals surface area contributed by atoms with Crippen LogP contribution in [-0.2, 0) is 16.3 Å². The number of anilines is 1. The molecule has 10 heteroatoms. The van der Waals surface area contributed by atoms with E-state index in [4.69, 9.17) is 11.6 Å². The van der Waals surface area contributed by atoms with Gasteiger partial charge in [0.2, 0.25) is 11.5 Å². The highest BCUT2D eigenvalue weighted by Gasteiger charge is 2.30. The molecule has 2 heterocycles. The zero-order chi connectivity index (χ0) is 19.8. The first kappa shape index (κ1) is 18.9. The number of nitrogens with one attached hydrogen (secondary N) is 1. The highest BCUT2D eigenvalue weighted by atomic mass is 35.5. The van der Waals surface area contributed by atoms with Crippen LogP contribution >= 0.6 is 22.9 Å². The lowest BCUT2D eigenvalue weighted by Crippen LogP contribution is -2.35. The van der Waals surface area contributed by atoms with Crippen molar-refractivity contribution in [3.8, 4) is 0 Å². The van der Waals surface area contributed by atoms with E-state index < -0.39 is 23.3 Å². The van der Waals surface area contributed by atoms with Crippen molar-refractivity contribution in [3.63, 3.8) is 0 Å². The van der Waals surface area contributed by atoms with E-state index in [1.807, 2.05) is 18.2 Å². The molecule has 1 N–H and O–H groups in total. The third kappa shape index (κ3) is 3.61. The van der Waals surface area contributed by atoms with Gasteiger partial charge in [0.05, 0.1) is 27.8 Å². The minimum Gasteiger partial charge on any atom is -0.566 e. The van der Waals surface area contributed by atoms with Crippen LogP contribution in [0, 0.1) is 5.82 Å². The van der Waals surface area contributed by atoms with Crippen LogP contribution in [0.1, 0.15) is 5.56 Å². The van der Waals surface area contributed by atoms with Crippen LogP contribution in [0.15, 0.2) is 58.1 Å². The molecule has 3 aromatic rings. The van der Waals surface area contributed by atoms with E-state index in [1.165, 1.54) is 34.8 Å². The third-order valence-corrected chi connectivity index (χ3v) is 6.16. The van der Waals surface area contributed by atoms with Crippen molar-refractivity contribution in [2.24, 2.45) is 4.40 Å². The number of fused-ring (bicyclic) bond motifs is 1. The highest BCUT2D eigenvalue weighted by molar-refractivity contribution is 7.88. The Morgan fingerprint density at radius 2 is 2.14 bits per heavy atom. The number of nitrogens with zero attached hydrogens (tertiary/aromatic N) is 3. The largest absolute Gasteiger partial charge is 0.566 e. The molecule has 6 nitrogen and oxygen atoms in total. The van der Waals surface area contributed by atoms with Crippen molar-refractivity contribution >= 4 is 62.0 Å². The number of hydrogen-bond acceptors (Lipinski definition) is 6. The molecule has 1 aliphatic rings. The molecule has 0 bridgehead atoms. The summed E-state index contributed by atoms with van der Waals surface area (Å²) in [5.74, 6) is -1.09. The van der Waals surface area contributed by atoms with Crippen molar-refractivity contribution in [1.29, 1.82) is 0 Å². The molecular weight excluding hydrogens is 423 g/mol. The smallest absolute Gasteiger partial charge is 0.276 e. The zero-order valence-corrected chi connectivity index (χ0v) is 16.7. The summed E-state index contributed by atoms with van der Waals surface area (Å²) >= 11 is 5.47. The molecule has 1 amide bonds. The molecule has 4 rings (SSSR count). The number of allylic oxidation sites excluding steroid dienone is 1. The lowest BCUT2D eigenvalue weighted by molar-refractivity contribution is -0.113. The van der Waals surface area contributed by atoms with Gasteiger partial charge in [0, 0.05) is 17.3 Å². The molecule has 0 aliphatic carbocycles. The molecule has 0 spiro atoms. The van der Waals surface area contributed by atoms with Gasteiger partial charge in [-0.15, -0.1) is 11.3 Å². The Labute approximate surface area is 171 Å². The Kier molecular flexibility index (Phi) is 5.07. The number of hydrogen-bond donors (Lipinski definition) is 1. The molecule has 28 heavy (non-hydrogen) atoms. The summed E-state index contributed by atoms with van der Waals surface area (Å²) in [7, 11) is 1.51. The summed E-state index contributed by atoms with van der Waals surface area (Å²) in [6.07, 6.45) is 1.56. The van der Waals surface area contributed by atoms with Crippen LogP contribution in [0.3, 0.4) is 0 Å². The second kappa shape index (κ2) is 7.51. The Morgan fingerprint density at radius 3 is 2.93 bits per heavy atom. The van der Waals surface area contributed by atoms with Crippen molar-refractivity contribution in [2.45, 2.75) is 0 Å². The van der Waals surface area contributed by atoms with E-state index in [9.17, 15) is 13.7 Å². The minimum atomic E-state index is -1.76. The summed E-state index contributed by atoms with van der Waals surface area (Å²) in [5, 5.41) is 2.53. The molecular formula is C18H12ClFN4O2S2. The Bertz CT molecular complexity index is 1150. The number of benzene rings is 2. The van der Waals surface area contributed by atoms with Crippen LogP contribution in [0.5, 0.6) is 0 Å². The first-order valence-corrected chi connectivity index (χ1v) is 10.3. The number of amides is 1. The number of rotatable bonds is 3. The first-order chi connectivity index (χ1) is 13.4. The summed E-state index contributed by atoms with van der Waals surface area (Å²) in [6.45, 7) is 0. The van der Waals surface area contributed by atoms with Gasteiger partial charge in [-0.3, -0.25) is 4.79 Å². The summed E-state index contributed by atoms with van der Waals surface area (Å²) in [4.78, 5) is 16.9. The number of thiazole rings is 1. The predicted octanol–water partition coefficient (Wildman–Crippen LogP) is 3.92. The highest BCUT2D eigenvalue weighted by Crippen LogP contribution is 2.25. The molecule has 0 saturated heterocycles. The monoisotopic (exact) mass is 434 g/mol. The van der Waals surface area contributed by atoms with E-state index in [2.05, 4.69) is 14.7 Å². The lowest BCUT2D eigenvalue weighted by Gasteiger charge is -2.23. The van der Waals surface area contributed by atoms with Gasteiger partial charge in [-0.25, -0.2) is 9.37 Å². The Hall–Kier alpha value is -2.46. The number of aromatic nitrogens is 1. The van der Waals surface area contributed by atoms with Gasteiger partial charge < -0.3 is 9.87 Å². The summed E-state index contributed by atoms with van der Waals surface area (Å²) in [5.41, 5.74) is 4.24. The van der Waals surface area contributed by atoms with Gasteiger partial charge in [0.1, 0.15) is 11.5 Å². The van der Waals surface area contributed by atoms with Gasteiger partial charge in [0.25, 0.3) is 5.91 Å². The minimum absolute atomic E-state index is 0.104. The maximum Gasteiger partial charge on any atom is 0.276 e. The molecule has 1 unspecified atom stereocenters. The molecule has 0 radical (unpaired) electrons. The fourth-order valence-corrected chi connectivity index (χ4v) is 4.25. The maximum atomic E-state index is 13.3. The van der Waals surface area contributed by atoms with Crippen molar-refractivity contribution in [3.05, 3.63) is 70.1 Å². The number of carbonyl (C=O) groups excluding carboxylic acids is 1. The topological polar surface area (TPSA) is 80.7 Å². The van der Waals surface area contributed by atoms with E-state index in [0.717, 1.165) is 21.8 Å². The van der Waals surface area contributed by atoms with Crippen LogP contribution < -0.4 is 5.32 Å². The number of halogens is 2. The lowest BCUT2D eigenvalue weighted by atomic mass is 10.1. The standard InChI is InChI=1S/C18H12ClFN4O2S2/c1-24-16(18(25)22-11-3-4-13(20)12(19)7-11)8-15(23-28(24)26)10-2-5-14-17(6-10)27-9-21-14/h2-9H,1H3,(H,22,25). The summed E-state index contributed by atoms with van der Waals surface area (Å²) < 4.78 is 32.1. The second-order valence-corrected chi connectivity index (χ2v) is 8.34. The average Bonchev–Trinajstić information content (AvgIpc) is 3.14. The fraction of sp³-hybridized carbons (Fsp3) is 0.0556. The molecule has 142 valence electrons. The molecule has 0 fully saturated rings. The van der Waals surface area contributed by atoms with Gasteiger partial charge in [-0.2, -0.15) is 4.31 Å². The van der Waals surface area contributed by atoms with E-state index >= 15 is 0 Å². The number of likely N-dealkylation sites (N-methyl/N-ethyl adjacent to an activating group) is 1. The SMILES string of the molecule is CN1C(C(=O)Nc2ccc(F)c(Cl)c2)=CC(c2ccc3ncsc3c2)=N[S+]1[O-]. The zero-order valence-electron chi connectivity index (χ0n) is 14.3. The van der Waals surface area contributed by atoms with Crippen LogP contribution in [-0.4, -0.2) is 32.5 Å². The average molecular weight is 435 g/mol. The van der Waals surface area contributed by atoms with Gasteiger partial charge in [-0.05, 0) is 34.7 Å². The quantitative estimate of drug-likeness (QED) is 0.633. The van der Waals surface area contributed by atoms with Crippen molar-refractivity contribution in [1.82, 2.24) is 9.29 Å². The van der Waals surface area contributed by atoms with Gasteiger partial charge in [0.15, 0.2) is 5.70 Å². The Morgan fingerprint density at radius 1 is 1.32 bits per heavy atom. The van der Waals surface area contributed by atoms with Crippen LogP contribution in [0.25, 0.3) is 10.2 Å². The second-order valence-electron chi connectivity index (χ2n) is 5.85. The van der Waals surface area contributed by atoms with E-state index in [0.29, 0.717) is 11.4 Å². The van der Waals surface area contributed by atoms with E-state index in [1.54, 1.807) is 11.6 Å². The molecule has 2 aromatic carbocycles. The molecule has 1 aromatic heterocycles. The molecule has 1 aliphatic heterocycles. The molecule has 0 saturated carbocycles. The fourth-order valence-electron chi connectivity index (χ4n) is 2.60. The normalized spacial score (nSPS) is 16.7. The Balaban J connectivity index is 1.65. The van der Waals surface area contributed by atoms with Gasteiger partial charge >= 0.3 is 0 Å². The van der Waals surface area contributed by atoms with Gasteiger partial charge in [-0.1, -0.05) is 17.7 Å². The number of carbonyl (C=O) groups is 1. The summed E-state index contributed by atoms with van der Waals surface area (Å²) in [6, 6.07) is 9.41. The van der Waals surface area contributed by atoms with Crippen LogP contribution in [0.4, 0.5) is 10.1 Å². The third-order valence-electron chi connectivity index (χ3n) is 4.06. The van der Waals surface area contributed by atoms with Crippen molar-refractivity contribution < 1.29 is 13.7 Å².